The third-order valence-corrected chi connectivity index (χ3v) is 3.24. The van der Waals surface area contributed by atoms with Crippen LogP contribution in [0.2, 0.25) is 0 Å². The van der Waals surface area contributed by atoms with Gasteiger partial charge in [-0.2, -0.15) is 0 Å². The summed E-state index contributed by atoms with van der Waals surface area (Å²) in [7, 11) is -3.96. The van der Waals surface area contributed by atoms with E-state index >= 15 is 0 Å². The van der Waals surface area contributed by atoms with E-state index < -0.39 is 26.2 Å². The number of amides is 2. The molecule has 0 aromatic carbocycles. The number of primary sulfonamides is 1. The second-order valence-electron chi connectivity index (χ2n) is 2.24. The number of nitrogens with zero attached hydrogens (tertiary/aromatic N) is 2. The number of hydrogen-bond donors (Lipinski definition) is 3. The first kappa shape index (κ1) is 11.5. The molecule has 0 aliphatic carbocycles. The zero-order valence-corrected chi connectivity index (χ0v) is 8.63. The lowest BCUT2D eigenvalue weighted by molar-refractivity contribution is -0.134. The summed E-state index contributed by atoms with van der Waals surface area (Å²) in [5, 5.41) is 13.0. The smallest absolute Gasteiger partial charge is 0.315 e. The fourth-order valence-electron chi connectivity index (χ4n) is 0.534. The van der Waals surface area contributed by atoms with Gasteiger partial charge >= 0.3 is 11.8 Å². The largest absolute Gasteiger partial charge is 0.361 e. The number of rotatable bonds is 2. The Morgan fingerprint density at radius 1 is 1.33 bits per heavy atom. The monoisotopic (exact) mass is 251 g/mol. The van der Waals surface area contributed by atoms with E-state index in [0.717, 1.165) is 0 Å². The predicted octanol–water partition coefficient (Wildman–Crippen LogP) is -2.39. The van der Waals surface area contributed by atoms with Crippen molar-refractivity contribution in [2.24, 2.45) is 10.9 Å². The molecule has 1 aromatic rings. The molecule has 0 atom stereocenters. The normalized spacial score (nSPS) is 11.0. The molecule has 0 saturated carbocycles. The molecule has 11 heteroatoms. The van der Waals surface area contributed by atoms with Crippen molar-refractivity contribution >= 4 is 38.3 Å². The van der Waals surface area contributed by atoms with Gasteiger partial charge in [-0.3, -0.25) is 14.9 Å². The number of nitrogens with one attached hydrogen (secondary N) is 1. The number of anilines is 1. The van der Waals surface area contributed by atoms with Crippen molar-refractivity contribution in [1.82, 2.24) is 10.2 Å². The summed E-state index contributed by atoms with van der Waals surface area (Å²) in [6, 6.07) is 0. The number of primary amides is 1. The number of nitrogens with two attached hydrogens (primary N) is 2. The fraction of sp³-hybridized carbons (Fsp3) is 0. The van der Waals surface area contributed by atoms with Crippen LogP contribution < -0.4 is 16.2 Å². The molecule has 82 valence electrons. The Kier molecular flexibility index (Phi) is 2.97. The van der Waals surface area contributed by atoms with Gasteiger partial charge in [-0.25, -0.2) is 13.6 Å². The van der Waals surface area contributed by atoms with Gasteiger partial charge in [0.2, 0.25) is 9.47 Å². The first-order valence-electron chi connectivity index (χ1n) is 3.28. The summed E-state index contributed by atoms with van der Waals surface area (Å²) in [6.45, 7) is 0. The van der Waals surface area contributed by atoms with E-state index in [0.29, 0.717) is 11.3 Å². The van der Waals surface area contributed by atoms with Gasteiger partial charge in [-0.1, -0.05) is 11.3 Å². The Labute approximate surface area is 87.5 Å². The van der Waals surface area contributed by atoms with Gasteiger partial charge in [0.15, 0.2) is 0 Å². The average molecular weight is 251 g/mol. The van der Waals surface area contributed by atoms with E-state index in [-0.39, 0.29) is 5.13 Å². The standard InChI is InChI=1S/C4H5N5O4S2/c5-1(10)2(11)7-3-8-9-4(14-3)15(6,12)13/h(H2,5,10)(H2,6,12,13)(H,7,8,11). The molecule has 15 heavy (non-hydrogen) atoms. The Balaban J connectivity index is 2.87. The van der Waals surface area contributed by atoms with Gasteiger partial charge in [-0.05, 0) is 0 Å². The highest BCUT2D eigenvalue weighted by atomic mass is 32.2. The molecule has 9 nitrogen and oxygen atoms in total. The van der Waals surface area contributed by atoms with Crippen LogP contribution in [-0.4, -0.2) is 30.4 Å². The second-order valence-corrected chi connectivity index (χ2v) is 4.95. The summed E-state index contributed by atoms with van der Waals surface area (Å²) in [4.78, 5) is 21.1. The fourth-order valence-corrected chi connectivity index (χ4v) is 1.86. The third-order valence-electron chi connectivity index (χ3n) is 1.09. The van der Waals surface area contributed by atoms with Gasteiger partial charge in [0, 0.05) is 0 Å². The number of aromatic nitrogens is 2. The highest BCUT2D eigenvalue weighted by Crippen LogP contribution is 2.17. The molecule has 0 saturated heterocycles. The van der Waals surface area contributed by atoms with Gasteiger partial charge < -0.3 is 5.73 Å². The van der Waals surface area contributed by atoms with Crippen molar-refractivity contribution in [2.45, 2.75) is 4.34 Å². The molecule has 1 heterocycles. The Hall–Kier alpha value is -1.59. The summed E-state index contributed by atoms with van der Waals surface area (Å²) >= 11 is 0.511. The van der Waals surface area contributed by atoms with Crippen molar-refractivity contribution in [3.05, 3.63) is 0 Å². The molecule has 0 fully saturated rings. The highest BCUT2D eigenvalue weighted by molar-refractivity contribution is 7.91. The molecule has 1 rings (SSSR count). The van der Waals surface area contributed by atoms with Crippen LogP contribution in [0.3, 0.4) is 0 Å². The first-order chi connectivity index (χ1) is 6.80. The summed E-state index contributed by atoms with van der Waals surface area (Å²) in [5.41, 5.74) is 4.64. The van der Waals surface area contributed by atoms with E-state index in [1.165, 1.54) is 0 Å². The van der Waals surface area contributed by atoms with Crippen LogP contribution in [0, 0.1) is 0 Å². The molecule has 2 amide bonds. The number of hydrogen-bond acceptors (Lipinski definition) is 7. The van der Waals surface area contributed by atoms with Crippen LogP contribution in [0.1, 0.15) is 0 Å². The zero-order chi connectivity index (χ0) is 11.6. The van der Waals surface area contributed by atoms with Crippen molar-refractivity contribution in [2.75, 3.05) is 5.32 Å². The molecular formula is C4H5N5O4S2. The molecule has 0 unspecified atom stereocenters. The quantitative estimate of drug-likeness (QED) is 0.393. The molecule has 5 N–H and O–H groups in total. The van der Waals surface area contributed by atoms with Crippen LogP contribution in [0.5, 0.6) is 0 Å². The van der Waals surface area contributed by atoms with Crippen LogP contribution in [0.25, 0.3) is 0 Å². The van der Waals surface area contributed by atoms with Gasteiger partial charge in [-0.15, -0.1) is 10.2 Å². The van der Waals surface area contributed by atoms with Crippen LogP contribution in [0.4, 0.5) is 5.13 Å². The van der Waals surface area contributed by atoms with E-state index in [9.17, 15) is 18.0 Å². The number of carbonyl (C=O) groups excluding carboxylic acids is 2. The molecule has 0 spiro atoms. The highest BCUT2D eigenvalue weighted by Gasteiger charge is 2.17. The zero-order valence-electron chi connectivity index (χ0n) is 7.00. The van der Waals surface area contributed by atoms with E-state index in [2.05, 4.69) is 15.9 Å². The SMILES string of the molecule is NC(=O)C(=O)Nc1nnc(S(N)(=O)=O)s1. The summed E-state index contributed by atoms with van der Waals surface area (Å²) < 4.78 is 21.0. The predicted molar refractivity (Wildman–Crippen MR) is 49.1 cm³/mol. The van der Waals surface area contributed by atoms with Crippen molar-refractivity contribution in [3.8, 4) is 0 Å². The van der Waals surface area contributed by atoms with Crippen molar-refractivity contribution in [1.29, 1.82) is 0 Å². The lowest BCUT2D eigenvalue weighted by atomic mass is 10.6. The van der Waals surface area contributed by atoms with Gasteiger partial charge in [0.05, 0.1) is 0 Å². The van der Waals surface area contributed by atoms with Gasteiger partial charge in [0.1, 0.15) is 0 Å². The summed E-state index contributed by atoms with van der Waals surface area (Å²) in [6.07, 6.45) is 0. The van der Waals surface area contributed by atoms with Crippen molar-refractivity contribution < 1.29 is 18.0 Å². The molecule has 0 bridgehead atoms. The Morgan fingerprint density at radius 2 is 1.93 bits per heavy atom. The maximum atomic E-state index is 10.7. The van der Waals surface area contributed by atoms with E-state index in [4.69, 9.17) is 5.14 Å². The lowest BCUT2D eigenvalue weighted by Crippen LogP contribution is -2.29. The molecule has 0 aliphatic heterocycles. The minimum atomic E-state index is -3.96. The molecule has 0 aliphatic rings. The maximum Gasteiger partial charge on any atom is 0.315 e. The topological polar surface area (TPSA) is 158 Å². The van der Waals surface area contributed by atoms with Crippen LogP contribution >= 0.6 is 11.3 Å². The van der Waals surface area contributed by atoms with Crippen LogP contribution in [-0.2, 0) is 19.6 Å². The first-order valence-corrected chi connectivity index (χ1v) is 5.64. The number of sulfonamides is 1. The Morgan fingerprint density at radius 3 is 2.33 bits per heavy atom. The third kappa shape index (κ3) is 2.93. The summed E-state index contributed by atoms with van der Waals surface area (Å²) in [5.74, 6) is -2.34. The van der Waals surface area contributed by atoms with E-state index in [1.54, 1.807) is 0 Å². The second kappa shape index (κ2) is 3.88. The molecule has 0 radical (unpaired) electrons. The van der Waals surface area contributed by atoms with E-state index in [1.807, 2.05) is 5.32 Å². The minimum Gasteiger partial charge on any atom is -0.361 e. The lowest BCUT2D eigenvalue weighted by Gasteiger charge is -1.93. The maximum absolute atomic E-state index is 10.7. The van der Waals surface area contributed by atoms with Crippen molar-refractivity contribution in [3.63, 3.8) is 0 Å². The average Bonchev–Trinajstić information content (AvgIpc) is 2.51. The molecular weight excluding hydrogens is 246 g/mol. The number of carbonyl (C=O) groups is 2. The minimum absolute atomic E-state index is 0.178. The van der Waals surface area contributed by atoms with Crippen LogP contribution in [0.15, 0.2) is 4.34 Å². The van der Waals surface area contributed by atoms with Gasteiger partial charge in [0.25, 0.3) is 10.0 Å². The molecule has 1 aromatic heterocycles. The Bertz CT molecular complexity index is 505.